The van der Waals surface area contributed by atoms with Crippen molar-refractivity contribution in [2.24, 2.45) is 0 Å². The number of alkyl halides is 3. The molecule has 1 aliphatic carbocycles. The summed E-state index contributed by atoms with van der Waals surface area (Å²) in [7, 11) is 0. The first kappa shape index (κ1) is 14.9. The molecule has 0 spiro atoms. The van der Waals surface area contributed by atoms with Crippen molar-refractivity contribution >= 4 is 58.1 Å². The van der Waals surface area contributed by atoms with E-state index in [1.54, 1.807) is 11.3 Å². The number of aryl methyl sites for hydroxylation is 1. The number of fused-ring (bicyclic) bond motifs is 1. The highest BCUT2D eigenvalue weighted by Gasteiger charge is 2.32. The molecule has 1 heterocycles. The molecule has 0 saturated carbocycles. The highest BCUT2D eigenvalue weighted by Crippen LogP contribution is 2.33. The zero-order valence-corrected chi connectivity index (χ0v) is 12.8. The second-order valence-electron chi connectivity index (χ2n) is 4.17. The summed E-state index contributed by atoms with van der Waals surface area (Å²) >= 11 is 17.8. The van der Waals surface area contributed by atoms with Gasteiger partial charge in [-0.15, -0.1) is 11.3 Å². The Bertz CT molecular complexity index is 498. The summed E-state index contributed by atoms with van der Waals surface area (Å²) in [6, 6.07) is 1.24. The molecule has 1 aromatic rings. The molecular formula is C11H11Cl3N2O2S. The largest absolute Gasteiger partial charge is 0.331 e. The van der Waals surface area contributed by atoms with Crippen LogP contribution in [0.25, 0.3) is 0 Å². The van der Waals surface area contributed by atoms with Crippen LogP contribution in [0, 0.1) is 0 Å². The van der Waals surface area contributed by atoms with Gasteiger partial charge >= 0.3 is 6.03 Å². The van der Waals surface area contributed by atoms with Crippen molar-refractivity contribution in [3.63, 3.8) is 0 Å². The standard InChI is InChI=1S/C11H11Cl3N2O2S/c12-11(13,14)9(17)16-10(18)15-7-2-1-3-8-6(7)4-5-19-8/h4-5,7H,1-3H2,(H2,15,16,17,18). The van der Waals surface area contributed by atoms with Crippen LogP contribution >= 0.6 is 46.1 Å². The first-order chi connectivity index (χ1) is 8.88. The second-order valence-corrected chi connectivity index (χ2v) is 7.45. The lowest BCUT2D eigenvalue weighted by Gasteiger charge is -2.24. The number of rotatable bonds is 1. The van der Waals surface area contributed by atoms with Gasteiger partial charge in [0.15, 0.2) is 0 Å². The molecule has 0 bridgehead atoms. The fourth-order valence-corrected chi connectivity index (χ4v) is 3.13. The number of imide groups is 1. The predicted molar refractivity (Wildman–Crippen MR) is 77.0 cm³/mol. The molecule has 8 heteroatoms. The smallest absolute Gasteiger partial charge is 0.322 e. The maximum absolute atomic E-state index is 11.7. The average molecular weight is 342 g/mol. The fourth-order valence-electron chi connectivity index (χ4n) is 2.00. The SMILES string of the molecule is O=C(NC(=O)C(Cl)(Cl)Cl)NC1CCCc2sccc21. The van der Waals surface area contributed by atoms with Gasteiger partial charge in [-0.1, -0.05) is 34.8 Å². The molecule has 104 valence electrons. The highest BCUT2D eigenvalue weighted by atomic mass is 35.6. The minimum absolute atomic E-state index is 0.0989. The third kappa shape index (κ3) is 3.75. The van der Waals surface area contributed by atoms with Crippen LogP contribution in [0.5, 0.6) is 0 Å². The summed E-state index contributed by atoms with van der Waals surface area (Å²) in [5, 5.41) is 6.73. The molecule has 3 amide bonds. The van der Waals surface area contributed by atoms with Crippen LogP contribution < -0.4 is 10.6 Å². The first-order valence-corrected chi connectivity index (χ1v) is 7.64. The van der Waals surface area contributed by atoms with Gasteiger partial charge in [-0.25, -0.2) is 4.79 Å². The van der Waals surface area contributed by atoms with Crippen molar-refractivity contribution < 1.29 is 9.59 Å². The Morgan fingerprint density at radius 2 is 2.11 bits per heavy atom. The molecule has 1 aliphatic rings. The number of halogens is 3. The lowest BCUT2D eigenvalue weighted by molar-refractivity contribution is -0.119. The molecule has 0 aromatic carbocycles. The van der Waals surface area contributed by atoms with Gasteiger partial charge < -0.3 is 5.32 Å². The number of thiophene rings is 1. The summed E-state index contributed by atoms with van der Waals surface area (Å²) in [6.07, 6.45) is 2.86. The summed E-state index contributed by atoms with van der Waals surface area (Å²) < 4.78 is -2.14. The second kappa shape index (κ2) is 5.87. The number of urea groups is 1. The lowest BCUT2D eigenvalue weighted by Crippen LogP contribution is -2.46. The first-order valence-electron chi connectivity index (χ1n) is 5.63. The van der Waals surface area contributed by atoms with E-state index >= 15 is 0 Å². The zero-order chi connectivity index (χ0) is 14.0. The van der Waals surface area contributed by atoms with Crippen molar-refractivity contribution in [3.05, 3.63) is 21.9 Å². The predicted octanol–water partition coefficient (Wildman–Crippen LogP) is 3.32. The van der Waals surface area contributed by atoms with E-state index in [1.807, 2.05) is 16.8 Å². The van der Waals surface area contributed by atoms with Gasteiger partial charge in [0.1, 0.15) is 0 Å². The Balaban J connectivity index is 1.96. The average Bonchev–Trinajstić information content (AvgIpc) is 2.76. The fraction of sp³-hybridized carbons (Fsp3) is 0.455. The van der Waals surface area contributed by atoms with Crippen molar-refractivity contribution in [3.8, 4) is 0 Å². The Morgan fingerprint density at radius 3 is 2.79 bits per heavy atom. The highest BCUT2D eigenvalue weighted by molar-refractivity contribution is 7.10. The van der Waals surface area contributed by atoms with Crippen molar-refractivity contribution in [1.29, 1.82) is 0 Å². The van der Waals surface area contributed by atoms with Crippen molar-refractivity contribution in [2.75, 3.05) is 0 Å². The molecule has 0 fully saturated rings. The summed E-state index contributed by atoms with van der Waals surface area (Å²) in [5.41, 5.74) is 1.10. The van der Waals surface area contributed by atoms with E-state index in [4.69, 9.17) is 34.8 Å². The van der Waals surface area contributed by atoms with Crippen LogP contribution in [0.2, 0.25) is 0 Å². The van der Waals surface area contributed by atoms with E-state index in [2.05, 4.69) is 5.32 Å². The quantitative estimate of drug-likeness (QED) is 0.770. The maximum atomic E-state index is 11.7. The van der Waals surface area contributed by atoms with Crippen molar-refractivity contribution in [1.82, 2.24) is 10.6 Å². The van der Waals surface area contributed by atoms with Gasteiger partial charge in [-0.3, -0.25) is 10.1 Å². The topological polar surface area (TPSA) is 58.2 Å². The molecule has 0 radical (unpaired) electrons. The number of nitrogens with one attached hydrogen (secondary N) is 2. The van der Waals surface area contributed by atoms with Crippen LogP contribution in [0.1, 0.15) is 29.3 Å². The number of carbonyl (C=O) groups is 2. The monoisotopic (exact) mass is 340 g/mol. The van der Waals surface area contributed by atoms with Gasteiger partial charge in [-0.05, 0) is 36.3 Å². The third-order valence-corrected chi connectivity index (χ3v) is 4.35. The summed E-state index contributed by atoms with van der Waals surface area (Å²) in [4.78, 5) is 24.3. The van der Waals surface area contributed by atoms with Crippen molar-refractivity contribution in [2.45, 2.75) is 29.1 Å². The Hall–Kier alpha value is -0.490. The van der Waals surface area contributed by atoms with Crippen LogP contribution in [-0.2, 0) is 11.2 Å². The van der Waals surface area contributed by atoms with Gasteiger partial charge in [0.05, 0.1) is 6.04 Å². The third-order valence-electron chi connectivity index (χ3n) is 2.84. The molecule has 1 unspecified atom stereocenters. The van der Waals surface area contributed by atoms with Crippen LogP contribution in [-0.4, -0.2) is 15.7 Å². The number of hydrogen-bond acceptors (Lipinski definition) is 3. The molecular weight excluding hydrogens is 331 g/mol. The molecule has 2 N–H and O–H groups in total. The molecule has 2 rings (SSSR count). The normalized spacial score (nSPS) is 18.6. The Labute approximate surface area is 129 Å². The Kier molecular flexibility index (Phi) is 4.61. The number of hydrogen-bond donors (Lipinski definition) is 2. The maximum Gasteiger partial charge on any atom is 0.322 e. The molecule has 0 saturated heterocycles. The number of amides is 3. The minimum atomic E-state index is -2.14. The van der Waals surface area contributed by atoms with Gasteiger partial charge in [-0.2, -0.15) is 0 Å². The Morgan fingerprint density at radius 1 is 1.37 bits per heavy atom. The minimum Gasteiger partial charge on any atom is -0.331 e. The molecule has 1 atom stereocenters. The van der Waals surface area contributed by atoms with E-state index in [9.17, 15) is 9.59 Å². The molecule has 0 aliphatic heterocycles. The van der Waals surface area contributed by atoms with E-state index < -0.39 is 15.7 Å². The van der Waals surface area contributed by atoms with Crippen LogP contribution in [0.15, 0.2) is 11.4 Å². The van der Waals surface area contributed by atoms with Crippen LogP contribution in [0.3, 0.4) is 0 Å². The van der Waals surface area contributed by atoms with Gasteiger partial charge in [0, 0.05) is 4.88 Å². The molecule has 19 heavy (non-hydrogen) atoms. The number of carbonyl (C=O) groups excluding carboxylic acids is 2. The van der Waals surface area contributed by atoms with Crippen LogP contribution in [0.4, 0.5) is 4.79 Å². The van der Waals surface area contributed by atoms with E-state index in [0.717, 1.165) is 24.8 Å². The summed E-state index contributed by atoms with van der Waals surface area (Å²) in [5.74, 6) is -0.962. The zero-order valence-electron chi connectivity index (χ0n) is 9.71. The van der Waals surface area contributed by atoms with E-state index in [-0.39, 0.29) is 6.04 Å². The molecule has 1 aromatic heterocycles. The van der Waals surface area contributed by atoms with Gasteiger partial charge in [0.2, 0.25) is 0 Å². The van der Waals surface area contributed by atoms with Gasteiger partial charge in [0.25, 0.3) is 9.70 Å². The summed E-state index contributed by atoms with van der Waals surface area (Å²) in [6.45, 7) is 0. The lowest BCUT2D eigenvalue weighted by atomic mass is 9.94. The molecule has 4 nitrogen and oxygen atoms in total. The van der Waals surface area contributed by atoms with E-state index in [0.29, 0.717) is 0 Å². The van der Waals surface area contributed by atoms with E-state index in [1.165, 1.54) is 4.88 Å².